The topological polar surface area (TPSA) is 66.9 Å². The highest BCUT2D eigenvalue weighted by atomic mass is 16.1. The van der Waals surface area contributed by atoms with E-state index in [0.717, 1.165) is 18.7 Å². The molecule has 0 atom stereocenters. The normalized spacial score (nSPS) is 10.5. The van der Waals surface area contributed by atoms with Gasteiger partial charge in [0.1, 0.15) is 17.3 Å². The maximum absolute atomic E-state index is 12.3. The minimum atomic E-state index is -0.233. The molecule has 0 saturated heterocycles. The third kappa shape index (κ3) is 4.84. The fourth-order valence-corrected chi connectivity index (χ4v) is 1.98. The van der Waals surface area contributed by atoms with E-state index in [4.69, 9.17) is 0 Å². The molecule has 1 amide bonds. The van der Waals surface area contributed by atoms with Crippen LogP contribution in [0.15, 0.2) is 36.4 Å². The Kier molecular flexibility index (Phi) is 5.47. The van der Waals surface area contributed by atoms with Gasteiger partial charge in [-0.1, -0.05) is 32.0 Å². The van der Waals surface area contributed by atoms with Crippen molar-refractivity contribution in [1.82, 2.24) is 9.97 Å². The first kappa shape index (κ1) is 15.9. The average Bonchev–Trinajstić information content (AvgIpc) is 2.47. The van der Waals surface area contributed by atoms with Gasteiger partial charge in [-0.05, 0) is 31.4 Å². The van der Waals surface area contributed by atoms with Crippen molar-refractivity contribution in [2.24, 2.45) is 5.92 Å². The van der Waals surface area contributed by atoms with Gasteiger partial charge < -0.3 is 10.6 Å². The second-order valence-corrected chi connectivity index (χ2v) is 5.62. The van der Waals surface area contributed by atoms with E-state index >= 15 is 0 Å². The van der Waals surface area contributed by atoms with Crippen molar-refractivity contribution in [3.63, 3.8) is 0 Å². The summed E-state index contributed by atoms with van der Waals surface area (Å²) in [6.45, 7) is 6.96. The Morgan fingerprint density at radius 2 is 1.91 bits per heavy atom. The third-order valence-corrected chi connectivity index (χ3v) is 3.13. The van der Waals surface area contributed by atoms with E-state index in [1.165, 1.54) is 0 Å². The molecule has 1 aromatic heterocycles. The molecule has 1 aromatic carbocycles. The van der Waals surface area contributed by atoms with Crippen LogP contribution in [0.25, 0.3) is 0 Å². The maximum atomic E-state index is 12.3. The van der Waals surface area contributed by atoms with E-state index in [2.05, 4.69) is 34.4 Å². The molecule has 0 aliphatic heterocycles. The largest absolute Gasteiger partial charge is 0.370 e. The molecule has 116 valence electrons. The van der Waals surface area contributed by atoms with Crippen molar-refractivity contribution in [2.45, 2.75) is 27.2 Å². The number of benzene rings is 1. The molecule has 0 unspecified atom stereocenters. The highest BCUT2D eigenvalue weighted by molar-refractivity contribution is 6.03. The van der Waals surface area contributed by atoms with Crippen molar-refractivity contribution in [1.29, 1.82) is 0 Å². The first-order valence-corrected chi connectivity index (χ1v) is 7.50. The van der Waals surface area contributed by atoms with Gasteiger partial charge in [-0.15, -0.1) is 0 Å². The fraction of sp³-hybridized carbons (Fsp3) is 0.353. The highest BCUT2D eigenvalue weighted by Gasteiger charge is 2.10. The Morgan fingerprint density at radius 3 is 2.59 bits per heavy atom. The summed E-state index contributed by atoms with van der Waals surface area (Å²) in [5.74, 6) is 1.65. The number of carbonyl (C=O) groups is 1. The summed E-state index contributed by atoms with van der Waals surface area (Å²) < 4.78 is 0. The molecule has 5 heteroatoms. The number of amides is 1. The van der Waals surface area contributed by atoms with E-state index in [1.807, 2.05) is 30.3 Å². The zero-order valence-corrected chi connectivity index (χ0v) is 13.3. The first-order chi connectivity index (χ1) is 10.5. The number of hydrogen-bond acceptors (Lipinski definition) is 4. The molecule has 22 heavy (non-hydrogen) atoms. The van der Waals surface area contributed by atoms with Crippen LogP contribution in [0.4, 0.5) is 11.5 Å². The molecule has 0 spiro atoms. The van der Waals surface area contributed by atoms with Crippen molar-refractivity contribution >= 4 is 17.4 Å². The number of nitrogens with zero attached hydrogens (tertiary/aromatic N) is 2. The summed E-state index contributed by atoms with van der Waals surface area (Å²) in [5.41, 5.74) is 1.11. The number of hydrogen-bond donors (Lipinski definition) is 2. The van der Waals surface area contributed by atoms with Crippen molar-refractivity contribution < 1.29 is 4.79 Å². The Bertz CT molecular complexity index is 626. The molecule has 0 radical (unpaired) electrons. The monoisotopic (exact) mass is 298 g/mol. The van der Waals surface area contributed by atoms with E-state index in [1.54, 1.807) is 13.0 Å². The molecule has 5 nitrogen and oxygen atoms in total. The lowest BCUT2D eigenvalue weighted by Gasteiger charge is -2.10. The fourth-order valence-electron chi connectivity index (χ4n) is 1.98. The lowest BCUT2D eigenvalue weighted by molar-refractivity contribution is 0.102. The van der Waals surface area contributed by atoms with Crippen LogP contribution < -0.4 is 10.6 Å². The average molecular weight is 298 g/mol. The zero-order chi connectivity index (χ0) is 15.9. The van der Waals surface area contributed by atoms with E-state index in [-0.39, 0.29) is 5.91 Å². The number of aryl methyl sites for hydroxylation is 1. The number of para-hydroxylation sites is 1. The first-order valence-electron chi connectivity index (χ1n) is 7.50. The van der Waals surface area contributed by atoms with Gasteiger partial charge in [0.25, 0.3) is 5.91 Å². The van der Waals surface area contributed by atoms with Gasteiger partial charge in [0, 0.05) is 18.3 Å². The minimum Gasteiger partial charge on any atom is -0.370 e. The Labute approximate surface area is 131 Å². The predicted octanol–water partition coefficient (Wildman–Crippen LogP) is 3.50. The van der Waals surface area contributed by atoms with E-state index in [9.17, 15) is 4.79 Å². The molecule has 0 aliphatic carbocycles. The summed E-state index contributed by atoms with van der Waals surface area (Å²) in [7, 11) is 0. The summed E-state index contributed by atoms with van der Waals surface area (Å²) in [6.07, 6.45) is 1.05. The van der Waals surface area contributed by atoms with Crippen LogP contribution in [0.5, 0.6) is 0 Å². The number of anilines is 2. The van der Waals surface area contributed by atoms with Crippen LogP contribution in [0, 0.1) is 12.8 Å². The lowest BCUT2D eigenvalue weighted by Crippen LogP contribution is -2.16. The molecule has 2 rings (SSSR count). The molecule has 0 bridgehead atoms. The van der Waals surface area contributed by atoms with Gasteiger partial charge in [-0.2, -0.15) is 0 Å². The van der Waals surface area contributed by atoms with Crippen LogP contribution in [0.3, 0.4) is 0 Å². The molecule has 1 heterocycles. The molecule has 0 aliphatic rings. The van der Waals surface area contributed by atoms with Crippen LogP contribution >= 0.6 is 0 Å². The number of nitrogens with one attached hydrogen (secondary N) is 2. The van der Waals surface area contributed by atoms with Gasteiger partial charge in [-0.3, -0.25) is 4.79 Å². The Morgan fingerprint density at radius 1 is 1.18 bits per heavy atom. The van der Waals surface area contributed by atoms with E-state index in [0.29, 0.717) is 23.3 Å². The van der Waals surface area contributed by atoms with Crippen LogP contribution in [0.1, 0.15) is 36.6 Å². The standard InChI is InChI=1S/C17H22N4O/c1-12(2)9-10-18-16-11-15(19-13(3)20-16)17(22)21-14-7-5-4-6-8-14/h4-8,11-12H,9-10H2,1-3H3,(H,21,22)(H,18,19,20). The second-order valence-electron chi connectivity index (χ2n) is 5.62. The maximum Gasteiger partial charge on any atom is 0.274 e. The second kappa shape index (κ2) is 7.54. The Balaban J connectivity index is 2.06. The summed E-state index contributed by atoms with van der Waals surface area (Å²) in [6, 6.07) is 11.0. The van der Waals surface area contributed by atoms with Crippen LogP contribution in [-0.2, 0) is 0 Å². The quantitative estimate of drug-likeness (QED) is 0.856. The molecule has 0 saturated carbocycles. The van der Waals surface area contributed by atoms with Gasteiger partial charge in [-0.25, -0.2) is 9.97 Å². The van der Waals surface area contributed by atoms with Gasteiger partial charge in [0.2, 0.25) is 0 Å². The molecule has 0 fully saturated rings. The number of rotatable bonds is 6. The van der Waals surface area contributed by atoms with Crippen LogP contribution in [0.2, 0.25) is 0 Å². The molecular weight excluding hydrogens is 276 g/mol. The SMILES string of the molecule is Cc1nc(NCCC(C)C)cc(C(=O)Nc2ccccc2)n1. The molecular formula is C17H22N4O. The summed E-state index contributed by atoms with van der Waals surface area (Å²) in [5, 5.41) is 6.07. The zero-order valence-electron chi connectivity index (χ0n) is 13.3. The van der Waals surface area contributed by atoms with E-state index < -0.39 is 0 Å². The van der Waals surface area contributed by atoms with Gasteiger partial charge >= 0.3 is 0 Å². The number of aromatic nitrogens is 2. The van der Waals surface area contributed by atoms with Gasteiger partial charge in [0.15, 0.2) is 0 Å². The Hall–Kier alpha value is -2.43. The van der Waals surface area contributed by atoms with Crippen molar-refractivity contribution in [3.8, 4) is 0 Å². The molecule has 2 N–H and O–H groups in total. The predicted molar refractivity (Wildman–Crippen MR) is 89.1 cm³/mol. The van der Waals surface area contributed by atoms with Crippen LogP contribution in [-0.4, -0.2) is 22.4 Å². The van der Waals surface area contributed by atoms with Crippen molar-refractivity contribution in [2.75, 3.05) is 17.2 Å². The summed E-state index contributed by atoms with van der Waals surface area (Å²) >= 11 is 0. The van der Waals surface area contributed by atoms with Crippen molar-refractivity contribution in [3.05, 3.63) is 47.9 Å². The number of carbonyl (C=O) groups excluding carboxylic acids is 1. The van der Waals surface area contributed by atoms with Gasteiger partial charge in [0.05, 0.1) is 0 Å². The summed E-state index contributed by atoms with van der Waals surface area (Å²) in [4.78, 5) is 20.8. The lowest BCUT2D eigenvalue weighted by atomic mass is 10.1. The molecule has 2 aromatic rings. The minimum absolute atomic E-state index is 0.233. The third-order valence-electron chi connectivity index (χ3n) is 3.13. The highest BCUT2D eigenvalue weighted by Crippen LogP contribution is 2.11. The smallest absolute Gasteiger partial charge is 0.274 e.